The smallest absolute Gasteiger partial charge is 0.264 e. The number of likely N-dealkylation sites (N-methyl/N-ethyl adjacent to an activating group) is 1. The van der Waals surface area contributed by atoms with Crippen LogP contribution in [0.5, 0.6) is 5.75 Å². The van der Waals surface area contributed by atoms with E-state index in [-0.39, 0.29) is 24.4 Å². The van der Waals surface area contributed by atoms with Crippen LogP contribution in [0.4, 0.5) is 0 Å². The van der Waals surface area contributed by atoms with Crippen LogP contribution < -0.4 is 4.74 Å². The Kier molecular flexibility index (Phi) is 6.96. The number of carbonyl (C=O) groups excluding carboxylic acids is 2. The molecule has 0 saturated heterocycles. The number of ether oxygens (including phenoxy) is 1. The predicted octanol–water partition coefficient (Wildman–Crippen LogP) is 5.09. The van der Waals surface area contributed by atoms with Crippen LogP contribution in [0, 0.1) is 13.8 Å². The number of hydrogen-bond acceptors (Lipinski definition) is 5. The van der Waals surface area contributed by atoms with Gasteiger partial charge in [-0.25, -0.2) is 0 Å². The zero-order chi connectivity index (χ0) is 22.7. The van der Waals surface area contributed by atoms with Crippen molar-refractivity contribution in [1.82, 2.24) is 9.80 Å². The van der Waals surface area contributed by atoms with Gasteiger partial charge in [-0.15, -0.1) is 22.7 Å². The number of rotatable bonds is 7. The zero-order valence-electron chi connectivity index (χ0n) is 18.7. The maximum Gasteiger partial charge on any atom is 0.264 e. The van der Waals surface area contributed by atoms with Gasteiger partial charge in [-0.05, 0) is 67.3 Å². The summed E-state index contributed by atoms with van der Waals surface area (Å²) in [5.74, 6) is 0.711. The number of hydrogen-bond donors (Lipinski definition) is 0. The third kappa shape index (κ3) is 4.74. The van der Waals surface area contributed by atoms with Gasteiger partial charge in [0, 0.05) is 18.0 Å². The zero-order valence-corrected chi connectivity index (χ0v) is 20.3. The number of aryl methyl sites for hydroxylation is 2. The van der Waals surface area contributed by atoms with Gasteiger partial charge in [0.1, 0.15) is 18.9 Å². The monoisotopic (exact) mass is 468 g/mol. The number of carbonyl (C=O) groups is 2. The molecular weight excluding hydrogens is 440 g/mol. The summed E-state index contributed by atoms with van der Waals surface area (Å²) in [6.07, 6.45) is 0.837. The lowest BCUT2D eigenvalue weighted by Gasteiger charge is -2.37. The molecule has 1 atom stereocenters. The van der Waals surface area contributed by atoms with Crippen LogP contribution in [0.3, 0.4) is 0 Å². The standard InChI is InChI=1S/C25H28N2O3S2/c1-4-26(25(29)23-6-5-12-31-23)15-24(28)27-11-9-22-19(10-13-32-22)20(27)16-30-21-8-7-17(2)14-18(21)3/h5-8,10,12-14,20H,4,9,11,15-16H2,1-3H3/t20-/m1/s1. The van der Waals surface area contributed by atoms with E-state index in [2.05, 4.69) is 24.4 Å². The van der Waals surface area contributed by atoms with Gasteiger partial charge in [0.2, 0.25) is 5.91 Å². The summed E-state index contributed by atoms with van der Waals surface area (Å²) in [5.41, 5.74) is 3.44. The molecule has 4 rings (SSSR count). The van der Waals surface area contributed by atoms with E-state index in [1.807, 2.05) is 42.3 Å². The molecule has 3 aromatic rings. The van der Waals surface area contributed by atoms with Crippen LogP contribution in [-0.4, -0.2) is 47.9 Å². The SMILES string of the molecule is CCN(CC(=O)N1CCc2sccc2[C@H]1COc1ccc(C)cc1C)C(=O)c1cccs1. The quantitative estimate of drug-likeness (QED) is 0.485. The molecule has 0 bridgehead atoms. The van der Waals surface area contributed by atoms with Gasteiger partial charge in [0.25, 0.3) is 5.91 Å². The van der Waals surface area contributed by atoms with E-state index < -0.39 is 0 Å². The lowest BCUT2D eigenvalue weighted by atomic mass is 10.00. The van der Waals surface area contributed by atoms with Gasteiger partial charge in [-0.3, -0.25) is 9.59 Å². The lowest BCUT2D eigenvalue weighted by molar-refractivity contribution is -0.135. The predicted molar refractivity (Wildman–Crippen MR) is 130 cm³/mol. The van der Waals surface area contributed by atoms with Crippen LogP contribution >= 0.6 is 22.7 Å². The summed E-state index contributed by atoms with van der Waals surface area (Å²) in [5, 5.41) is 3.97. The molecule has 0 saturated carbocycles. The second kappa shape index (κ2) is 9.88. The molecule has 0 unspecified atom stereocenters. The van der Waals surface area contributed by atoms with Crippen molar-refractivity contribution in [1.29, 1.82) is 0 Å². The highest BCUT2D eigenvalue weighted by atomic mass is 32.1. The first-order valence-electron chi connectivity index (χ1n) is 10.9. The molecule has 0 aliphatic carbocycles. The fourth-order valence-corrected chi connectivity index (χ4v) is 5.76. The Morgan fingerprint density at radius 3 is 2.72 bits per heavy atom. The highest BCUT2D eigenvalue weighted by Crippen LogP contribution is 2.34. The largest absolute Gasteiger partial charge is 0.491 e. The van der Waals surface area contributed by atoms with Crippen molar-refractivity contribution in [2.45, 2.75) is 33.2 Å². The topological polar surface area (TPSA) is 49.9 Å². The summed E-state index contributed by atoms with van der Waals surface area (Å²) < 4.78 is 6.21. The highest BCUT2D eigenvalue weighted by Gasteiger charge is 2.33. The Morgan fingerprint density at radius 2 is 2.00 bits per heavy atom. The van der Waals surface area contributed by atoms with E-state index in [1.54, 1.807) is 22.3 Å². The molecule has 0 radical (unpaired) electrons. The minimum Gasteiger partial charge on any atom is -0.491 e. The minimum atomic E-state index is -0.159. The van der Waals surface area contributed by atoms with Crippen LogP contribution in [0.1, 0.15) is 44.2 Å². The van der Waals surface area contributed by atoms with E-state index >= 15 is 0 Å². The maximum atomic E-state index is 13.4. The summed E-state index contributed by atoms with van der Waals surface area (Å²) in [6, 6.07) is 11.7. The molecule has 2 amide bonds. The van der Waals surface area contributed by atoms with Crippen molar-refractivity contribution in [3.8, 4) is 5.75 Å². The maximum absolute atomic E-state index is 13.4. The number of thiophene rings is 2. The molecule has 1 aromatic carbocycles. The lowest BCUT2D eigenvalue weighted by Crippen LogP contribution is -2.47. The van der Waals surface area contributed by atoms with Gasteiger partial charge >= 0.3 is 0 Å². The fraction of sp³-hybridized carbons (Fsp3) is 0.360. The third-order valence-corrected chi connectivity index (χ3v) is 7.72. The number of nitrogens with zero attached hydrogens (tertiary/aromatic N) is 2. The number of fused-ring (bicyclic) bond motifs is 1. The highest BCUT2D eigenvalue weighted by molar-refractivity contribution is 7.12. The molecule has 0 N–H and O–H groups in total. The summed E-state index contributed by atoms with van der Waals surface area (Å²) in [6.45, 7) is 7.61. The molecule has 1 aliphatic rings. The van der Waals surface area contributed by atoms with Crippen molar-refractivity contribution in [3.63, 3.8) is 0 Å². The van der Waals surface area contributed by atoms with Crippen LogP contribution in [0.2, 0.25) is 0 Å². The Balaban J connectivity index is 1.51. The molecule has 168 valence electrons. The van der Waals surface area contributed by atoms with E-state index in [0.29, 0.717) is 24.6 Å². The first-order valence-corrected chi connectivity index (χ1v) is 12.6. The van der Waals surface area contributed by atoms with Crippen LogP contribution in [-0.2, 0) is 11.2 Å². The van der Waals surface area contributed by atoms with Gasteiger partial charge in [-0.1, -0.05) is 23.8 Å². The summed E-state index contributed by atoms with van der Waals surface area (Å²) in [7, 11) is 0. The summed E-state index contributed by atoms with van der Waals surface area (Å²) in [4.78, 5) is 31.7. The Bertz CT molecular complexity index is 1090. The Hall–Kier alpha value is -2.64. The van der Waals surface area contributed by atoms with E-state index in [9.17, 15) is 9.59 Å². The van der Waals surface area contributed by atoms with E-state index in [0.717, 1.165) is 23.3 Å². The minimum absolute atomic E-state index is 0.0390. The number of amides is 2. The van der Waals surface area contributed by atoms with Gasteiger partial charge in [0.05, 0.1) is 10.9 Å². The molecule has 3 heterocycles. The average Bonchev–Trinajstić information content (AvgIpc) is 3.48. The molecule has 32 heavy (non-hydrogen) atoms. The molecule has 1 aliphatic heterocycles. The van der Waals surface area contributed by atoms with Gasteiger partial charge in [-0.2, -0.15) is 0 Å². The molecular formula is C25H28N2O3S2. The van der Waals surface area contributed by atoms with Crippen molar-refractivity contribution in [3.05, 3.63) is 73.6 Å². The fourth-order valence-electron chi connectivity index (χ4n) is 4.14. The van der Waals surface area contributed by atoms with Crippen molar-refractivity contribution in [2.24, 2.45) is 0 Å². The molecule has 2 aromatic heterocycles. The first-order chi connectivity index (χ1) is 15.5. The Morgan fingerprint density at radius 1 is 1.16 bits per heavy atom. The van der Waals surface area contributed by atoms with Gasteiger partial charge < -0.3 is 14.5 Å². The van der Waals surface area contributed by atoms with E-state index in [4.69, 9.17) is 4.74 Å². The van der Waals surface area contributed by atoms with Crippen LogP contribution in [0.15, 0.2) is 47.2 Å². The van der Waals surface area contributed by atoms with Gasteiger partial charge in [0.15, 0.2) is 0 Å². The Labute approximate surface area is 197 Å². The van der Waals surface area contributed by atoms with Crippen molar-refractivity contribution >= 4 is 34.5 Å². The molecule has 0 fully saturated rings. The van der Waals surface area contributed by atoms with Crippen molar-refractivity contribution < 1.29 is 14.3 Å². The molecule has 0 spiro atoms. The van der Waals surface area contributed by atoms with E-state index in [1.165, 1.54) is 21.8 Å². The molecule has 7 heteroatoms. The normalized spacial score (nSPS) is 15.3. The van der Waals surface area contributed by atoms with Crippen molar-refractivity contribution in [2.75, 3.05) is 26.2 Å². The second-order valence-corrected chi connectivity index (χ2v) is 9.98. The third-order valence-electron chi connectivity index (χ3n) is 5.87. The molecule has 5 nitrogen and oxygen atoms in total. The first kappa shape index (κ1) is 22.6. The second-order valence-electron chi connectivity index (χ2n) is 8.03. The number of benzene rings is 1. The van der Waals surface area contributed by atoms with Crippen LogP contribution in [0.25, 0.3) is 0 Å². The average molecular weight is 469 g/mol. The summed E-state index contributed by atoms with van der Waals surface area (Å²) >= 11 is 3.14.